The molecule has 0 heterocycles. The van der Waals surface area contributed by atoms with E-state index in [4.69, 9.17) is 4.89 Å². The average molecular weight is 422 g/mol. The molecule has 3 atom stereocenters. The number of carbonyl (C=O) groups excluding carboxylic acids is 2. The first kappa shape index (κ1) is 24.6. The molecule has 11 nitrogen and oxygen atoms in total. The van der Waals surface area contributed by atoms with Crippen molar-refractivity contribution in [3.8, 4) is 0 Å². The molecule has 5 N–H and O–H groups in total. The monoisotopic (exact) mass is 422 g/mol. The molecule has 0 aliphatic carbocycles. The van der Waals surface area contributed by atoms with E-state index in [0.717, 1.165) is 0 Å². The number of phosphoric ester groups is 1. The van der Waals surface area contributed by atoms with Crippen molar-refractivity contribution in [3.05, 3.63) is 0 Å². The molecule has 148 valence electrons. The first-order chi connectivity index (χ1) is 11.4. The molecule has 0 rings (SSSR count). The second-order valence-corrected chi connectivity index (χ2v) is 8.51. The Kier molecular flexibility index (Phi) is 11.1. The van der Waals surface area contributed by atoms with Gasteiger partial charge in [-0.3, -0.25) is 18.7 Å². The molecule has 0 saturated heterocycles. The van der Waals surface area contributed by atoms with Crippen molar-refractivity contribution in [2.45, 2.75) is 26.4 Å². The van der Waals surface area contributed by atoms with Gasteiger partial charge < -0.3 is 25.5 Å². The highest BCUT2D eigenvalue weighted by atomic mass is 32.1. The van der Waals surface area contributed by atoms with Crippen molar-refractivity contribution < 1.29 is 42.4 Å². The minimum atomic E-state index is -4.78. The lowest BCUT2D eigenvalue weighted by atomic mass is 9.87. The number of nitrogens with one attached hydrogen (secondary N) is 2. The third-order valence-corrected chi connectivity index (χ3v) is 5.09. The van der Waals surface area contributed by atoms with E-state index in [1.165, 1.54) is 13.8 Å². The van der Waals surface area contributed by atoms with Gasteiger partial charge in [0, 0.05) is 30.7 Å². The summed E-state index contributed by atoms with van der Waals surface area (Å²) in [5.74, 6) is -0.613. The molecular weight excluding hydrogens is 398 g/mol. The quantitative estimate of drug-likeness (QED) is 0.178. The molecule has 0 spiro atoms. The number of phosphoric acid groups is 1. The summed E-state index contributed by atoms with van der Waals surface area (Å²) < 4.78 is 30.1. The van der Waals surface area contributed by atoms with Crippen molar-refractivity contribution in [2.24, 2.45) is 5.41 Å². The Labute approximate surface area is 151 Å². The molecule has 0 fully saturated rings. The van der Waals surface area contributed by atoms with Crippen LogP contribution in [0.3, 0.4) is 0 Å². The Morgan fingerprint density at radius 2 is 1.92 bits per heavy atom. The highest BCUT2D eigenvalue weighted by Crippen LogP contribution is 2.51. The maximum Gasteiger partial charge on any atom is 0.479 e. The largest absolute Gasteiger partial charge is 0.479 e. The van der Waals surface area contributed by atoms with Gasteiger partial charge in [-0.1, -0.05) is 13.8 Å². The van der Waals surface area contributed by atoms with Crippen molar-refractivity contribution in [1.82, 2.24) is 10.6 Å². The number of aliphatic hydroxyl groups excluding tert-OH is 1. The molecule has 0 aromatic heterocycles. The lowest BCUT2D eigenvalue weighted by molar-refractivity contribution is -0.137. The zero-order valence-electron chi connectivity index (χ0n) is 13.8. The summed E-state index contributed by atoms with van der Waals surface area (Å²) in [6.07, 6.45) is -1.62. The molecule has 2 unspecified atom stereocenters. The molecule has 25 heavy (non-hydrogen) atoms. The number of carbonyl (C=O) groups is 2. The molecule has 2 amide bonds. The Bertz CT molecular complexity index is 532. The first-order valence-electron chi connectivity index (χ1n) is 7.14. The fourth-order valence-corrected chi connectivity index (χ4v) is 3.09. The molecule has 0 aromatic rings. The Morgan fingerprint density at radius 1 is 1.32 bits per heavy atom. The van der Waals surface area contributed by atoms with Crippen LogP contribution in [0.5, 0.6) is 0 Å². The average Bonchev–Trinajstić information content (AvgIpc) is 2.49. The van der Waals surface area contributed by atoms with E-state index in [1.54, 1.807) is 0 Å². The van der Waals surface area contributed by atoms with E-state index in [1.807, 2.05) is 0 Å². The first-order valence-corrected chi connectivity index (χ1v) is 10.5. The normalized spacial score (nSPS) is 16.6. The van der Waals surface area contributed by atoms with Crippen LogP contribution >= 0.6 is 28.7 Å². The van der Waals surface area contributed by atoms with Crippen molar-refractivity contribution in [3.63, 3.8) is 0 Å². The lowest BCUT2D eigenvalue weighted by Gasteiger charge is -2.29. The van der Waals surface area contributed by atoms with Crippen molar-refractivity contribution >= 4 is 40.5 Å². The summed E-state index contributed by atoms with van der Waals surface area (Å²) in [6, 6.07) is 0. The third kappa shape index (κ3) is 11.0. The number of aliphatic hydroxyl groups is 1. The minimum Gasteiger partial charge on any atom is -0.383 e. The topological polar surface area (TPSA) is 171 Å². The van der Waals surface area contributed by atoms with Gasteiger partial charge in [0.1, 0.15) is 6.10 Å². The van der Waals surface area contributed by atoms with E-state index in [0.29, 0.717) is 12.3 Å². The Morgan fingerprint density at radius 3 is 2.44 bits per heavy atom. The third-order valence-electron chi connectivity index (χ3n) is 2.87. The molecule has 0 saturated carbocycles. The molecular formula is C11H24N2O9P2S. The number of rotatable bonds is 12. The van der Waals surface area contributed by atoms with Gasteiger partial charge in [-0.25, -0.2) is 8.88 Å². The molecule has 0 bridgehead atoms. The summed E-state index contributed by atoms with van der Waals surface area (Å²) >= 11 is 3.93. The lowest BCUT2D eigenvalue weighted by Crippen LogP contribution is -2.46. The zero-order valence-corrected chi connectivity index (χ0v) is 16.6. The SMILES string of the molecule is CC(C)(COP(=O)(O)O[PH](=O)O)[C@@H](O)C(=O)NCCC(=O)NCCS. The highest BCUT2D eigenvalue weighted by Gasteiger charge is 2.37. The van der Waals surface area contributed by atoms with Crippen LogP contribution < -0.4 is 10.6 Å². The van der Waals surface area contributed by atoms with E-state index >= 15 is 0 Å². The summed E-state index contributed by atoms with van der Waals surface area (Å²) in [5.41, 5.74) is -1.31. The van der Waals surface area contributed by atoms with Crippen LogP contribution in [0.4, 0.5) is 0 Å². The number of hydrogen-bond acceptors (Lipinski definition) is 8. The second kappa shape index (κ2) is 11.3. The second-order valence-electron chi connectivity index (χ2n) is 5.60. The minimum absolute atomic E-state index is 0.00757. The Balaban J connectivity index is 4.41. The Hall–Kier alpha value is -0.450. The van der Waals surface area contributed by atoms with Crippen LogP contribution in [0.1, 0.15) is 20.3 Å². The van der Waals surface area contributed by atoms with Crippen LogP contribution in [0.15, 0.2) is 0 Å². The molecule has 0 aliphatic heterocycles. The van der Waals surface area contributed by atoms with Crippen molar-refractivity contribution in [1.29, 1.82) is 0 Å². The highest BCUT2D eigenvalue weighted by molar-refractivity contribution is 7.80. The molecule has 14 heteroatoms. The van der Waals surface area contributed by atoms with E-state index in [9.17, 15) is 28.7 Å². The van der Waals surface area contributed by atoms with E-state index in [2.05, 4.69) is 32.1 Å². The van der Waals surface area contributed by atoms with Gasteiger partial charge in [-0.15, -0.1) is 0 Å². The molecule has 0 aromatic carbocycles. The summed E-state index contributed by atoms with van der Waals surface area (Å²) in [7, 11) is -8.47. The van der Waals surface area contributed by atoms with E-state index < -0.39 is 40.1 Å². The number of hydrogen-bond donors (Lipinski definition) is 6. The van der Waals surface area contributed by atoms with E-state index in [-0.39, 0.29) is 18.9 Å². The van der Waals surface area contributed by atoms with Crippen LogP contribution in [0.25, 0.3) is 0 Å². The number of thiol groups is 1. The molecule has 0 radical (unpaired) electrons. The van der Waals surface area contributed by atoms with Crippen LogP contribution in [0.2, 0.25) is 0 Å². The van der Waals surface area contributed by atoms with Gasteiger partial charge >= 0.3 is 16.1 Å². The smallest absolute Gasteiger partial charge is 0.383 e. The van der Waals surface area contributed by atoms with Gasteiger partial charge in [0.05, 0.1) is 6.61 Å². The van der Waals surface area contributed by atoms with Gasteiger partial charge in [-0.05, 0) is 0 Å². The zero-order chi connectivity index (χ0) is 19.7. The standard InChI is InChI=1S/C11H24N2O9P2S/c1-11(2,7-21-24(19,20)22-23(17)18)9(15)10(16)13-4-3-8(14)12-5-6-25/h9,15,23,25H,3-7H2,1-2H3,(H,12,14)(H,13,16)(H,17,18)(H,19,20)/t9-/m0/s1. The van der Waals surface area contributed by atoms with Gasteiger partial charge in [0.15, 0.2) is 0 Å². The fourth-order valence-electron chi connectivity index (χ4n) is 1.49. The van der Waals surface area contributed by atoms with Crippen molar-refractivity contribution in [2.75, 3.05) is 25.4 Å². The van der Waals surface area contributed by atoms with Gasteiger partial charge in [0.25, 0.3) is 0 Å². The maximum absolute atomic E-state index is 11.9. The summed E-state index contributed by atoms with van der Waals surface area (Å²) in [5, 5.41) is 14.9. The van der Waals surface area contributed by atoms with Crippen LogP contribution in [-0.2, 0) is 27.6 Å². The maximum atomic E-state index is 11.9. The summed E-state index contributed by atoms with van der Waals surface area (Å²) in [4.78, 5) is 40.9. The summed E-state index contributed by atoms with van der Waals surface area (Å²) in [6.45, 7) is 2.52. The fraction of sp³-hybridized carbons (Fsp3) is 0.818. The predicted molar refractivity (Wildman–Crippen MR) is 92.4 cm³/mol. The van der Waals surface area contributed by atoms with Crippen LogP contribution in [-0.4, -0.2) is 58.3 Å². The van der Waals surface area contributed by atoms with Crippen LogP contribution in [0, 0.1) is 5.41 Å². The molecule has 0 aliphatic rings. The number of amides is 2. The van der Waals surface area contributed by atoms with Gasteiger partial charge in [0.2, 0.25) is 11.8 Å². The van der Waals surface area contributed by atoms with Gasteiger partial charge in [-0.2, -0.15) is 12.6 Å². The predicted octanol–water partition coefficient (Wildman–Crippen LogP) is -0.559.